The minimum Gasteiger partial charge on any atom is -0.443 e. The van der Waals surface area contributed by atoms with Crippen molar-refractivity contribution < 1.29 is 19.1 Å². The van der Waals surface area contributed by atoms with Crippen molar-refractivity contribution in [2.45, 2.75) is 40.2 Å². The van der Waals surface area contributed by atoms with Gasteiger partial charge in [0.25, 0.3) is 0 Å². The highest BCUT2D eigenvalue weighted by molar-refractivity contribution is 6.32. The van der Waals surface area contributed by atoms with Gasteiger partial charge in [-0.15, -0.1) is 0 Å². The molecular formula is C23H28ClN3O4. The van der Waals surface area contributed by atoms with Crippen molar-refractivity contribution in [2.75, 3.05) is 18.0 Å². The standard InChI is InChI=1S/C23H28ClN3O4/c1-6-27(22(29)31-23(3,4)5)18-10-11-20(19(24)14-18)30-21-12-9-17(15-26-21)8-7-13-25-16(2)28/h7-12,14-15H,6,13H2,1-5H3,(H,25,28)/b8-7+. The van der Waals surface area contributed by atoms with Crippen LogP contribution in [0.25, 0.3) is 6.08 Å². The molecule has 1 N–H and O–H groups in total. The Morgan fingerprint density at radius 3 is 2.52 bits per heavy atom. The molecule has 1 aromatic carbocycles. The minimum absolute atomic E-state index is 0.0810. The van der Waals surface area contributed by atoms with Crippen LogP contribution in [0.5, 0.6) is 11.6 Å². The Hall–Kier alpha value is -3.06. The van der Waals surface area contributed by atoms with Crippen LogP contribution in [0.4, 0.5) is 10.5 Å². The van der Waals surface area contributed by atoms with Gasteiger partial charge in [0.15, 0.2) is 0 Å². The van der Waals surface area contributed by atoms with Gasteiger partial charge in [0.05, 0.1) is 5.02 Å². The molecule has 7 nitrogen and oxygen atoms in total. The van der Waals surface area contributed by atoms with Gasteiger partial charge in [0.1, 0.15) is 11.4 Å². The Bertz CT molecular complexity index is 937. The second-order valence-corrected chi connectivity index (χ2v) is 8.12. The van der Waals surface area contributed by atoms with E-state index >= 15 is 0 Å². The maximum absolute atomic E-state index is 12.4. The van der Waals surface area contributed by atoms with Gasteiger partial charge in [-0.1, -0.05) is 23.8 Å². The number of aromatic nitrogens is 1. The van der Waals surface area contributed by atoms with Gasteiger partial charge >= 0.3 is 6.09 Å². The molecule has 0 aliphatic heterocycles. The number of pyridine rings is 1. The lowest BCUT2D eigenvalue weighted by Crippen LogP contribution is -2.36. The predicted octanol–water partition coefficient (Wildman–Crippen LogP) is 5.44. The molecular weight excluding hydrogens is 418 g/mol. The molecule has 0 aliphatic rings. The lowest BCUT2D eigenvalue weighted by atomic mass is 10.2. The lowest BCUT2D eigenvalue weighted by Gasteiger charge is -2.26. The molecule has 31 heavy (non-hydrogen) atoms. The zero-order valence-corrected chi connectivity index (χ0v) is 19.2. The van der Waals surface area contributed by atoms with Crippen LogP contribution in [-0.4, -0.2) is 35.7 Å². The number of carbonyl (C=O) groups excluding carboxylic acids is 2. The average Bonchev–Trinajstić information content (AvgIpc) is 2.67. The molecule has 0 unspecified atom stereocenters. The van der Waals surface area contributed by atoms with Crippen LogP contribution in [0.15, 0.2) is 42.6 Å². The highest BCUT2D eigenvalue weighted by Crippen LogP contribution is 2.32. The van der Waals surface area contributed by atoms with Crippen molar-refractivity contribution in [2.24, 2.45) is 0 Å². The summed E-state index contributed by atoms with van der Waals surface area (Å²) in [6.45, 7) is 9.67. The molecule has 0 bridgehead atoms. The summed E-state index contributed by atoms with van der Waals surface area (Å²) in [6.07, 6.45) is 4.90. The van der Waals surface area contributed by atoms with Crippen LogP contribution in [0, 0.1) is 0 Å². The third-order valence-corrected chi connectivity index (χ3v) is 4.21. The van der Waals surface area contributed by atoms with E-state index in [0.717, 1.165) is 5.56 Å². The van der Waals surface area contributed by atoms with Crippen LogP contribution < -0.4 is 15.0 Å². The van der Waals surface area contributed by atoms with Crippen molar-refractivity contribution in [3.05, 3.63) is 53.2 Å². The van der Waals surface area contributed by atoms with Gasteiger partial charge in [-0.3, -0.25) is 9.69 Å². The first-order valence-electron chi connectivity index (χ1n) is 9.94. The molecule has 166 valence electrons. The van der Waals surface area contributed by atoms with Crippen molar-refractivity contribution in [1.29, 1.82) is 0 Å². The molecule has 2 aromatic rings. The number of nitrogens with zero attached hydrogens (tertiary/aromatic N) is 2. The van der Waals surface area contributed by atoms with Gasteiger partial charge < -0.3 is 14.8 Å². The Balaban J connectivity index is 2.06. The van der Waals surface area contributed by atoms with E-state index in [9.17, 15) is 9.59 Å². The topological polar surface area (TPSA) is 80.8 Å². The average molecular weight is 446 g/mol. The summed E-state index contributed by atoms with van der Waals surface area (Å²) in [4.78, 5) is 29.1. The summed E-state index contributed by atoms with van der Waals surface area (Å²) in [7, 11) is 0. The van der Waals surface area contributed by atoms with E-state index in [1.807, 2.05) is 45.9 Å². The summed E-state index contributed by atoms with van der Waals surface area (Å²) in [5, 5.41) is 3.03. The van der Waals surface area contributed by atoms with Crippen LogP contribution in [0.1, 0.15) is 40.2 Å². The van der Waals surface area contributed by atoms with Crippen molar-refractivity contribution in [3.8, 4) is 11.6 Å². The second kappa shape index (κ2) is 10.8. The van der Waals surface area contributed by atoms with Crippen molar-refractivity contribution in [1.82, 2.24) is 10.3 Å². The summed E-state index contributed by atoms with van der Waals surface area (Å²) in [5.41, 5.74) is 0.894. The van der Waals surface area contributed by atoms with E-state index in [4.69, 9.17) is 21.1 Å². The fourth-order valence-electron chi connectivity index (χ4n) is 2.54. The molecule has 2 rings (SSSR count). The Kier molecular flexibility index (Phi) is 8.45. The zero-order chi connectivity index (χ0) is 23.0. The second-order valence-electron chi connectivity index (χ2n) is 7.71. The number of nitrogens with one attached hydrogen (secondary N) is 1. The summed E-state index contributed by atoms with van der Waals surface area (Å²) >= 11 is 6.38. The summed E-state index contributed by atoms with van der Waals surface area (Å²) < 4.78 is 11.2. The molecule has 0 saturated heterocycles. The summed E-state index contributed by atoms with van der Waals surface area (Å²) in [5.74, 6) is 0.725. The van der Waals surface area contributed by atoms with Gasteiger partial charge in [0, 0.05) is 38.0 Å². The predicted molar refractivity (Wildman–Crippen MR) is 123 cm³/mol. The lowest BCUT2D eigenvalue weighted by molar-refractivity contribution is -0.118. The number of hydrogen-bond acceptors (Lipinski definition) is 5. The first-order valence-corrected chi connectivity index (χ1v) is 10.3. The Morgan fingerprint density at radius 1 is 1.23 bits per heavy atom. The molecule has 2 amide bonds. The molecule has 1 aromatic heterocycles. The minimum atomic E-state index is -0.589. The van der Waals surface area contributed by atoms with Crippen molar-refractivity contribution >= 4 is 35.4 Å². The van der Waals surface area contributed by atoms with Gasteiger partial charge in [-0.2, -0.15) is 0 Å². The molecule has 0 atom stereocenters. The fraction of sp³-hybridized carbons (Fsp3) is 0.348. The molecule has 1 heterocycles. The number of amides is 2. The fourth-order valence-corrected chi connectivity index (χ4v) is 2.75. The number of rotatable bonds is 7. The Labute approximate surface area is 188 Å². The number of ether oxygens (including phenoxy) is 2. The van der Waals surface area contributed by atoms with Gasteiger partial charge in [-0.25, -0.2) is 9.78 Å². The monoisotopic (exact) mass is 445 g/mol. The maximum Gasteiger partial charge on any atom is 0.414 e. The number of anilines is 1. The molecule has 0 fully saturated rings. The van der Waals surface area contributed by atoms with Gasteiger partial charge in [-0.05, 0) is 57.5 Å². The number of benzene rings is 1. The first-order chi connectivity index (χ1) is 14.6. The highest BCUT2D eigenvalue weighted by Gasteiger charge is 2.23. The Morgan fingerprint density at radius 2 is 1.97 bits per heavy atom. The molecule has 0 aliphatic carbocycles. The molecule has 0 radical (unpaired) electrons. The molecule has 0 saturated carbocycles. The largest absolute Gasteiger partial charge is 0.443 e. The van der Waals surface area contributed by atoms with Crippen LogP contribution in [-0.2, 0) is 9.53 Å². The molecule has 0 spiro atoms. The van der Waals surface area contributed by atoms with Crippen LogP contribution >= 0.6 is 11.6 Å². The summed E-state index contributed by atoms with van der Waals surface area (Å²) in [6, 6.07) is 8.66. The zero-order valence-electron chi connectivity index (χ0n) is 18.4. The SMILES string of the molecule is CCN(C(=O)OC(C)(C)C)c1ccc(Oc2ccc(/C=C/CNC(C)=O)cn2)c(Cl)c1. The van der Waals surface area contributed by atoms with Crippen molar-refractivity contribution in [3.63, 3.8) is 0 Å². The number of hydrogen-bond donors (Lipinski definition) is 1. The van der Waals surface area contributed by atoms with E-state index in [2.05, 4.69) is 10.3 Å². The smallest absolute Gasteiger partial charge is 0.414 e. The highest BCUT2D eigenvalue weighted by atomic mass is 35.5. The third kappa shape index (κ3) is 7.94. The normalized spacial score (nSPS) is 11.3. The van der Waals surface area contributed by atoms with E-state index in [1.165, 1.54) is 11.8 Å². The van der Waals surface area contributed by atoms with E-state index in [-0.39, 0.29) is 5.91 Å². The maximum atomic E-state index is 12.4. The van der Waals surface area contributed by atoms with Crippen LogP contribution in [0.3, 0.4) is 0 Å². The quantitative estimate of drug-likeness (QED) is 0.613. The third-order valence-electron chi connectivity index (χ3n) is 3.91. The van der Waals surface area contributed by atoms with E-state index in [0.29, 0.717) is 35.4 Å². The van der Waals surface area contributed by atoms with Crippen LogP contribution in [0.2, 0.25) is 5.02 Å². The van der Waals surface area contributed by atoms with Gasteiger partial charge in [0.2, 0.25) is 11.8 Å². The van der Waals surface area contributed by atoms with E-state index < -0.39 is 11.7 Å². The first kappa shape index (κ1) is 24.2. The molecule has 8 heteroatoms. The number of carbonyl (C=O) groups is 2. The number of halogens is 1. The van der Waals surface area contributed by atoms with E-state index in [1.54, 1.807) is 30.5 Å².